The highest BCUT2D eigenvalue weighted by molar-refractivity contribution is 6.30. The molecule has 6 heteroatoms. The maximum absolute atomic E-state index is 12.7. The van der Waals surface area contributed by atoms with Gasteiger partial charge in [0.25, 0.3) is 0 Å². The van der Waals surface area contributed by atoms with Crippen LogP contribution in [0, 0.1) is 0 Å². The summed E-state index contributed by atoms with van der Waals surface area (Å²) in [6.07, 6.45) is 5.02. The van der Waals surface area contributed by atoms with E-state index >= 15 is 0 Å². The Morgan fingerprint density at radius 3 is 2.70 bits per heavy atom. The molecule has 0 bridgehead atoms. The van der Waals surface area contributed by atoms with Gasteiger partial charge >= 0.3 is 0 Å². The molecular weight excluding hydrogens is 314 g/mol. The summed E-state index contributed by atoms with van der Waals surface area (Å²) < 4.78 is 0. The zero-order chi connectivity index (χ0) is 16.4. The largest absolute Gasteiger partial charge is 0.373 e. The Morgan fingerprint density at radius 1 is 1.26 bits per heavy atom. The molecule has 124 valence electrons. The quantitative estimate of drug-likeness (QED) is 0.793. The van der Waals surface area contributed by atoms with Crippen LogP contribution in [0.5, 0.6) is 0 Å². The fourth-order valence-electron chi connectivity index (χ4n) is 3.62. The van der Waals surface area contributed by atoms with E-state index in [9.17, 15) is 9.59 Å². The van der Waals surface area contributed by atoms with Gasteiger partial charge in [0, 0.05) is 24.2 Å². The van der Waals surface area contributed by atoms with E-state index in [4.69, 9.17) is 11.6 Å². The first kappa shape index (κ1) is 16.1. The highest BCUT2D eigenvalue weighted by atomic mass is 35.5. The second-order valence-corrected chi connectivity index (χ2v) is 6.85. The normalized spacial score (nSPS) is 21.9. The highest BCUT2D eigenvalue weighted by Gasteiger charge is 2.42. The van der Waals surface area contributed by atoms with Crippen LogP contribution in [-0.4, -0.2) is 30.4 Å². The number of amides is 2. The summed E-state index contributed by atoms with van der Waals surface area (Å²) in [4.78, 5) is 25.0. The van der Waals surface area contributed by atoms with Crippen molar-refractivity contribution in [2.45, 2.75) is 50.1 Å². The number of carbonyl (C=O) groups excluding carboxylic acids is 2. The van der Waals surface area contributed by atoms with Crippen molar-refractivity contribution in [3.8, 4) is 0 Å². The van der Waals surface area contributed by atoms with E-state index in [1.54, 1.807) is 13.1 Å². The molecule has 0 spiro atoms. The van der Waals surface area contributed by atoms with E-state index < -0.39 is 5.54 Å². The minimum atomic E-state index is -0.766. The first-order chi connectivity index (χ1) is 11.0. The second-order valence-electron chi connectivity index (χ2n) is 6.41. The summed E-state index contributed by atoms with van der Waals surface area (Å²) in [6.45, 7) is 0. The molecule has 5 nitrogen and oxygen atoms in total. The number of anilines is 1. The van der Waals surface area contributed by atoms with Crippen molar-refractivity contribution in [1.29, 1.82) is 0 Å². The van der Waals surface area contributed by atoms with Crippen LogP contribution in [0.4, 0.5) is 5.69 Å². The Kier molecular flexibility index (Phi) is 4.48. The first-order valence-corrected chi connectivity index (χ1v) is 8.51. The monoisotopic (exact) mass is 335 g/mol. The van der Waals surface area contributed by atoms with Gasteiger partial charge in [-0.1, -0.05) is 30.9 Å². The van der Waals surface area contributed by atoms with Crippen LogP contribution < -0.4 is 16.0 Å². The maximum Gasteiger partial charge on any atom is 0.245 e. The molecule has 1 aromatic rings. The molecule has 1 fully saturated rings. The maximum atomic E-state index is 12.7. The molecule has 0 unspecified atom stereocenters. The van der Waals surface area contributed by atoms with Crippen molar-refractivity contribution >= 4 is 29.1 Å². The van der Waals surface area contributed by atoms with Crippen molar-refractivity contribution in [1.82, 2.24) is 10.6 Å². The van der Waals surface area contributed by atoms with Gasteiger partial charge < -0.3 is 16.0 Å². The number of benzene rings is 1. The summed E-state index contributed by atoms with van der Waals surface area (Å²) in [6, 6.07) is 5.22. The van der Waals surface area contributed by atoms with Gasteiger partial charge in [0.2, 0.25) is 11.8 Å². The van der Waals surface area contributed by atoms with E-state index in [1.807, 2.05) is 12.1 Å². The third kappa shape index (κ3) is 3.15. The summed E-state index contributed by atoms with van der Waals surface area (Å²) >= 11 is 6.01. The van der Waals surface area contributed by atoms with Gasteiger partial charge in [-0.15, -0.1) is 0 Å². The molecule has 2 aliphatic rings. The summed E-state index contributed by atoms with van der Waals surface area (Å²) in [7, 11) is 1.62. The fraction of sp³-hybridized carbons (Fsp3) is 0.529. The zero-order valence-electron chi connectivity index (χ0n) is 13.2. The van der Waals surface area contributed by atoms with Crippen molar-refractivity contribution in [3.05, 3.63) is 28.8 Å². The summed E-state index contributed by atoms with van der Waals surface area (Å²) in [5, 5.41) is 9.62. The van der Waals surface area contributed by atoms with Gasteiger partial charge in [0.15, 0.2) is 0 Å². The molecule has 3 rings (SSSR count). The molecular formula is C17H22ClN3O2. The lowest BCUT2D eigenvalue weighted by molar-refractivity contribution is -0.135. The molecule has 1 saturated carbocycles. The Hall–Kier alpha value is -1.75. The van der Waals surface area contributed by atoms with E-state index in [2.05, 4.69) is 16.0 Å². The lowest BCUT2D eigenvalue weighted by Gasteiger charge is -2.37. The smallest absolute Gasteiger partial charge is 0.245 e. The Bertz CT molecular complexity index is 626. The van der Waals surface area contributed by atoms with Gasteiger partial charge in [-0.05, 0) is 36.6 Å². The van der Waals surface area contributed by atoms with Gasteiger partial charge in [0.05, 0.1) is 0 Å². The number of nitrogens with one attached hydrogen (secondary N) is 3. The fourth-order valence-corrected chi connectivity index (χ4v) is 3.81. The van der Waals surface area contributed by atoms with Crippen LogP contribution in [0.3, 0.4) is 0 Å². The Labute approximate surface area is 141 Å². The molecule has 1 atom stereocenters. The van der Waals surface area contributed by atoms with Gasteiger partial charge in [-0.25, -0.2) is 0 Å². The Morgan fingerprint density at radius 2 is 2.00 bits per heavy atom. The lowest BCUT2D eigenvalue weighted by atomic mass is 9.80. The molecule has 0 radical (unpaired) electrons. The third-order valence-corrected chi connectivity index (χ3v) is 5.10. The molecule has 1 heterocycles. The Balaban J connectivity index is 1.72. The average molecular weight is 336 g/mol. The van der Waals surface area contributed by atoms with Gasteiger partial charge in [-0.2, -0.15) is 0 Å². The number of hydrogen-bond donors (Lipinski definition) is 3. The van der Waals surface area contributed by atoms with Crippen LogP contribution >= 0.6 is 11.6 Å². The van der Waals surface area contributed by atoms with Gasteiger partial charge in [0.1, 0.15) is 11.6 Å². The molecule has 0 saturated heterocycles. The van der Waals surface area contributed by atoms with E-state index in [0.29, 0.717) is 24.3 Å². The molecule has 23 heavy (non-hydrogen) atoms. The zero-order valence-corrected chi connectivity index (χ0v) is 14.0. The standard InChI is InChI=1S/C17H22ClN3O2/c1-19-16(23)17(7-3-2-4-8-17)21-15(22)14-10-11-9-12(18)5-6-13(11)20-14/h5-6,9,14,20H,2-4,7-8,10H2,1H3,(H,19,23)(H,21,22)/t14-/m1/s1. The predicted molar refractivity (Wildman–Crippen MR) is 90.6 cm³/mol. The third-order valence-electron chi connectivity index (χ3n) is 4.87. The van der Waals surface area contributed by atoms with Gasteiger partial charge in [-0.3, -0.25) is 9.59 Å². The number of rotatable bonds is 3. The number of halogens is 1. The van der Waals surface area contributed by atoms with Crippen LogP contribution in [-0.2, 0) is 16.0 Å². The number of carbonyl (C=O) groups is 2. The van der Waals surface area contributed by atoms with E-state index in [-0.39, 0.29) is 17.9 Å². The minimum absolute atomic E-state index is 0.0934. The molecule has 0 aromatic heterocycles. The van der Waals surface area contributed by atoms with Crippen molar-refractivity contribution in [2.24, 2.45) is 0 Å². The number of hydrogen-bond acceptors (Lipinski definition) is 3. The van der Waals surface area contributed by atoms with E-state index in [1.165, 1.54) is 0 Å². The molecule has 2 amide bonds. The van der Waals surface area contributed by atoms with Crippen molar-refractivity contribution < 1.29 is 9.59 Å². The number of fused-ring (bicyclic) bond motifs is 1. The molecule has 1 aromatic carbocycles. The molecule has 1 aliphatic carbocycles. The van der Waals surface area contributed by atoms with Crippen molar-refractivity contribution in [2.75, 3.05) is 12.4 Å². The average Bonchev–Trinajstić information content (AvgIpc) is 2.98. The summed E-state index contributed by atoms with van der Waals surface area (Å²) in [5.74, 6) is -0.216. The van der Waals surface area contributed by atoms with Crippen LogP contribution in [0.2, 0.25) is 5.02 Å². The minimum Gasteiger partial charge on any atom is -0.373 e. The summed E-state index contributed by atoms with van der Waals surface area (Å²) in [5.41, 5.74) is 1.21. The van der Waals surface area contributed by atoms with Crippen molar-refractivity contribution in [3.63, 3.8) is 0 Å². The van der Waals surface area contributed by atoms with E-state index in [0.717, 1.165) is 30.5 Å². The first-order valence-electron chi connectivity index (χ1n) is 8.13. The lowest BCUT2D eigenvalue weighted by Crippen LogP contribution is -2.61. The second kappa shape index (κ2) is 6.40. The van der Waals surface area contributed by atoms with Crippen LogP contribution in [0.25, 0.3) is 0 Å². The molecule has 1 aliphatic heterocycles. The topological polar surface area (TPSA) is 70.2 Å². The predicted octanol–water partition coefficient (Wildman–Crippen LogP) is 2.24. The highest BCUT2D eigenvalue weighted by Crippen LogP contribution is 2.31. The number of likely N-dealkylation sites (N-methyl/N-ethyl adjacent to an activating group) is 1. The SMILES string of the molecule is CNC(=O)C1(NC(=O)[C@H]2Cc3cc(Cl)ccc3N2)CCCCC1. The van der Waals surface area contributed by atoms with Crippen LogP contribution in [0.1, 0.15) is 37.7 Å². The van der Waals surface area contributed by atoms with Crippen LogP contribution in [0.15, 0.2) is 18.2 Å². The molecule has 3 N–H and O–H groups in total.